The monoisotopic (exact) mass is 647 g/mol. The fourth-order valence-corrected chi connectivity index (χ4v) is 4.91. The van der Waals surface area contributed by atoms with Crippen molar-refractivity contribution in [3.05, 3.63) is 48.6 Å². The molecule has 6 heteroatoms. The lowest BCUT2D eigenvalue weighted by Crippen LogP contribution is -2.28. The van der Waals surface area contributed by atoms with Gasteiger partial charge in [-0.15, -0.1) is 0 Å². The van der Waals surface area contributed by atoms with Gasteiger partial charge in [0.1, 0.15) is 6.61 Å². The molecule has 0 aliphatic carbocycles. The zero-order valence-electron chi connectivity index (χ0n) is 29.8. The fourth-order valence-electron chi connectivity index (χ4n) is 4.91. The molecule has 0 saturated carbocycles. The molecule has 0 rings (SSSR count). The summed E-state index contributed by atoms with van der Waals surface area (Å²) in [5, 5.41) is 19.0. The van der Waals surface area contributed by atoms with Crippen molar-refractivity contribution in [1.82, 2.24) is 0 Å². The number of carbonyl (C=O) groups excluding carboxylic acids is 2. The summed E-state index contributed by atoms with van der Waals surface area (Å²) in [7, 11) is 0. The van der Waals surface area contributed by atoms with E-state index in [0.717, 1.165) is 70.1 Å². The second-order valence-corrected chi connectivity index (χ2v) is 12.7. The molecule has 3 atom stereocenters. The molecule has 0 fully saturated rings. The van der Waals surface area contributed by atoms with E-state index in [1.54, 1.807) is 0 Å². The van der Waals surface area contributed by atoms with Crippen molar-refractivity contribution in [3.63, 3.8) is 0 Å². The highest BCUT2D eigenvalue weighted by Gasteiger charge is 2.16. The first-order chi connectivity index (χ1) is 22.4. The number of esters is 2. The van der Waals surface area contributed by atoms with Crippen LogP contribution < -0.4 is 0 Å². The van der Waals surface area contributed by atoms with E-state index in [4.69, 9.17) is 9.47 Å². The summed E-state index contributed by atoms with van der Waals surface area (Å²) in [6, 6.07) is 0. The van der Waals surface area contributed by atoms with E-state index < -0.39 is 6.10 Å². The van der Waals surface area contributed by atoms with Gasteiger partial charge in [-0.05, 0) is 63.7 Å². The molecule has 0 radical (unpaired) electrons. The predicted molar refractivity (Wildman–Crippen MR) is 193 cm³/mol. The smallest absolute Gasteiger partial charge is 0.306 e. The first-order valence-electron chi connectivity index (χ1n) is 18.7. The minimum absolute atomic E-state index is 0.0966. The van der Waals surface area contributed by atoms with Crippen molar-refractivity contribution in [2.75, 3.05) is 13.2 Å². The Kier molecular flexibility index (Phi) is 32.5. The number of aliphatic hydroxyl groups excluding tert-OH is 2. The molecule has 0 amide bonds. The molecule has 46 heavy (non-hydrogen) atoms. The number of ether oxygens (including phenoxy) is 2. The van der Waals surface area contributed by atoms with Gasteiger partial charge in [0.15, 0.2) is 6.10 Å². The lowest BCUT2D eigenvalue weighted by Gasteiger charge is -2.15. The molecule has 266 valence electrons. The van der Waals surface area contributed by atoms with Gasteiger partial charge < -0.3 is 19.7 Å². The third-order valence-electron chi connectivity index (χ3n) is 8.33. The van der Waals surface area contributed by atoms with E-state index in [-0.39, 0.29) is 37.7 Å². The molecular formula is C40H70O6. The standard InChI is InChI=1S/C40H70O6/c1-4-36(3)30-26-22-18-14-12-13-16-20-24-28-32-39(43)45-35-38(34-41)46-40(44)33-29-25-21-17-11-9-7-6-8-10-15-19-23-27-31-37(42)5-2/h7-10,17,19,21,23,36-38,41-42H,4-6,11-16,18,20,22,24-35H2,1-3H3/b9-7-,10-8-,21-17-,23-19-/t36?,37-,38+/m1/s1. The zero-order valence-corrected chi connectivity index (χ0v) is 29.8. The molecule has 0 aliphatic rings. The Morgan fingerprint density at radius 2 is 1.11 bits per heavy atom. The predicted octanol–water partition coefficient (Wildman–Crippen LogP) is 10.3. The quantitative estimate of drug-likeness (QED) is 0.0429. The van der Waals surface area contributed by atoms with Gasteiger partial charge in [0.05, 0.1) is 12.7 Å². The number of allylic oxidation sites excluding steroid dienone is 8. The number of aliphatic hydroxyl groups is 2. The van der Waals surface area contributed by atoms with Gasteiger partial charge in [-0.1, -0.05) is 140 Å². The van der Waals surface area contributed by atoms with Crippen LogP contribution in [0.25, 0.3) is 0 Å². The Hall–Kier alpha value is -2.18. The van der Waals surface area contributed by atoms with Crippen LogP contribution in [0.1, 0.15) is 162 Å². The number of hydrogen-bond acceptors (Lipinski definition) is 6. The molecule has 0 aromatic heterocycles. The lowest BCUT2D eigenvalue weighted by atomic mass is 9.99. The number of carbonyl (C=O) groups is 2. The SMILES string of the molecule is CCC(C)CCCCCCCCCCCCC(=O)OC[C@H](CO)OC(=O)CCC/C=C\C/C=C\C/C=C\C/C=C\CC[C@H](O)CC. The summed E-state index contributed by atoms with van der Waals surface area (Å²) in [5.74, 6) is 0.194. The highest BCUT2D eigenvalue weighted by Crippen LogP contribution is 2.15. The van der Waals surface area contributed by atoms with Gasteiger partial charge in [-0.25, -0.2) is 0 Å². The third-order valence-corrected chi connectivity index (χ3v) is 8.33. The van der Waals surface area contributed by atoms with Gasteiger partial charge in [0.25, 0.3) is 0 Å². The average Bonchev–Trinajstić information content (AvgIpc) is 3.06. The van der Waals surface area contributed by atoms with Crippen LogP contribution in [0.5, 0.6) is 0 Å². The van der Waals surface area contributed by atoms with Crippen LogP contribution >= 0.6 is 0 Å². The van der Waals surface area contributed by atoms with Gasteiger partial charge in [-0.3, -0.25) is 9.59 Å². The minimum Gasteiger partial charge on any atom is -0.462 e. The summed E-state index contributed by atoms with van der Waals surface area (Å²) < 4.78 is 10.5. The maximum Gasteiger partial charge on any atom is 0.306 e. The maximum atomic E-state index is 12.1. The van der Waals surface area contributed by atoms with E-state index >= 15 is 0 Å². The molecule has 0 aliphatic heterocycles. The molecule has 0 aromatic rings. The average molecular weight is 647 g/mol. The van der Waals surface area contributed by atoms with Crippen molar-refractivity contribution in [2.45, 2.75) is 174 Å². The molecule has 2 N–H and O–H groups in total. The molecular weight excluding hydrogens is 576 g/mol. The van der Waals surface area contributed by atoms with Crippen LogP contribution in [0.2, 0.25) is 0 Å². The van der Waals surface area contributed by atoms with Crippen LogP contribution in [0.15, 0.2) is 48.6 Å². The first-order valence-corrected chi connectivity index (χ1v) is 18.7. The van der Waals surface area contributed by atoms with Crippen LogP contribution in [0.3, 0.4) is 0 Å². The van der Waals surface area contributed by atoms with E-state index in [2.05, 4.69) is 62.5 Å². The van der Waals surface area contributed by atoms with E-state index in [1.165, 1.54) is 57.8 Å². The van der Waals surface area contributed by atoms with E-state index in [0.29, 0.717) is 12.8 Å². The third kappa shape index (κ3) is 31.8. The summed E-state index contributed by atoms with van der Waals surface area (Å²) >= 11 is 0. The Labute approximate surface area is 282 Å². The highest BCUT2D eigenvalue weighted by atomic mass is 16.6. The second-order valence-electron chi connectivity index (χ2n) is 12.7. The Morgan fingerprint density at radius 1 is 0.609 bits per heavy atom. The van der Waals surface area contributed by atoms with Crippen molar-refractivity contribution >= 4 is 11.9 Å². The molecule has 0 spiro atoms. The Morgan fingerprint density at radius 3 is 1.65 bits per heavy atom. The molecule has 0 bridgehead atoms. The van der Waals surface area contributed by atoms with Crippen molar-refractivity contribution in [1.29, 1.82) is 0 Å². The van der Waals surface area contributed by atoms with Gasteiger partial charge >= 0.3 is 11.9 Å². The topological polar surface area (TPSA) is 93.1 Å². The fraction of sp³-hybridized carbons (Fsp3) is 0.750. The van der Waals surface area contributed by atoms with Crippen LogP contribution in [-0.4, -0.2) is 47.6 Å². The van der Waals surface area contributed by atoms with Crippen LogP contribution in [0, 0.1) is 5.92 Å². The summed E-state index contributed by atoms with van der Waals surface area (Å²) in [4.78, 5) is 24.2. The minimum atomic E-state index is -0.808. The number of hydrogen-bond donors (Lipinski definition) is 2. The largest absolute Gasteiger partial charge is 0.462 e. The van der Waals surface area contributed by atoms with Gasteiger partial charge in [0.2, 0.25) is 0 Å². The van der Waals surface area contributed by atoms with Crippen LogP contribution in [-0.2, 0) is 19.1 Å². The normalized spacial score (nSPS) is 14.1. The van der Waals surface area contributed by atoms with Gasteiger partial charge in [0, 0.05) is 12.8 Å². The number of unbranched alkanes of at least 4 members (excludes halogenated alkanes) is 10. The highest BCUT2D eigenvalue weighted by molar-refractivity contribution is 5.70. The van der Waals surface area contributed by atoms with Crippen molar-refractivity contribution in [2.24, 2.45) is 5.92 Å². The Balaban J connectivity index is 3.71. The number of rotatable bonds is 32. The molecule has 0 saturated heterocycles. The van der Waals surface area contributed by atoms with E-state index in [1.807, 2.05) is 6.92 Å². The maximum absolute atomic E-state index is 12.1. The van der Waals surface area contributed by atoms with E-state index in [9.17, 15) is 19.8 Å². The van der Waals surface area contributed by atoms with Crippen molar-refractivity contribution in [3.8, 4) is 0 Å². The Bertz CT molecular complexity index is 815. The zero-order chi connectivity index (χ0) is 33.9. The summed E-state index contributed by atoms with van der Waals surface area (Å²) in [5.41, 5.74) is 0. The van der Waals surface area contributed by atoms with Crippen LogP contribution in [0.4, 0.5) is 0 Å². The first kappa shape index (κ1) is 43.8. The van der Waals surface area contributed by atoms with Gasteiger partial charge in [-0.2, -0.15) is 0 Å². The molecule has 0 heterocycles. The lowest BCUT2D eigenvalue weighted by molar-refractivity contribution is -0.161. The molecule has 0 aromatic carbocycles. The molecule has 1 unspecified atom stereocenters. The van der Waals surface area contributed by atoms with Crippen molar-refractivity contribution < 1.29 is 29.3 Å². The second kappa shape index (κ2) is 34.2. The molecule has 6 nitrogen and oxygen atoms in total. The summed E-state index contributed by atoms with van der Waals surface area (Å²) in [6.07, 6.45) is 38.2. The summed E-state index contributed by atoms with van der Waals surface area (Å²) in [6.45, 7) is 6.16.